The second-order valence-corrected chi connectivity index (χ2v) is 5.12. The summed E-state index contributed by atoms with van der Waals surface area (Å²) in [6.45, 7) is 0.0381. The van der Waals surface area contributed by atoms with E-state index in [1.807, 2.05) is 30.3 Å². The SMILES string of the molecule is O=[N+]([O-])c1cc2c(cc1/C=N/NC(=S)Nc1ccccc1)OCO2. The first-order chi connectivity index (χ1) is 11.6. The molecule has 3 rings (SSSR count). The summed E-state index contributed by atoms with van der Waals surface area (Å²) in [5.74, 6) is 0.778. The summed E-state index contributed by atoms with van der Waals surface area (Å²) in [5.41, 5.74) is 3.56. The molecule has 8 nitrogen and oxygen atoms in total. The summed E-state index contributed by atoms with van der Waals surface area (Å²) in [7, 11) is 0. The lowest BCUT2D eigenvalue weighted by Gasteiger charge is -2.06. The number of nitro benzene ring substituents is 1. The number of hydrazone groups is 1. The fourth-order valence-corrected chi connectivity index (χ4v) is 2.22. The van der Waals surface area contributed by atoms with Crippen LogP contribution >= 0.6 is 12.2 Å². The van der Waals surface area contributed by atoms with Gasteiger partial charge < -0.3 is 14.8 Å². The molecule has 0 atom stereocenters. The molecule has 1 aliphatic rings. The third kappa shape index (κ3) is 3.58. The summed E-state index contributed by atoms with van der Waals surface area (Å²) in [5, 5.41) is 18.3. The molecule has 0 amide bonds. The molecule has 1 aliphatic heterocycles. The molecule has 0 saturated carbocycles. The number of ether oxygens (including phenoxy) is 2. The molecule has 9 heteroatoms. The van der Waals surface area contributed by atoms with Crippen LogP contribution in [-0.4, -0.2) is 23.0 Å². The van der Waals surface area contributed by atoms with Crippen LogP contribution in [0.1, 0.15) is 5.56 Å². The zero-order chi connectivity index (χ0) is 16.9. The van der Waals surface area contributed by atoms with Gasteiger partial charge in [0, 0.05) is 5.69 Å². The van der Waals surface area contributed by atoms with Crippen molar-refractivity contribution in [2.24, 2.45) is 5.10 Å². The second kappa shape index (κ2) is 6.92. The molecule has 0 fully saturated rings. The van der Waals surface area contributed by atoms with Gasteiger partial charge in [-0.15, -0.1) is 0 Å². The highest BCUT2D eigenvalue weighted by molar-refractivity contribution is 7.80. The highest BCUT2D eigenvalue weighted by Gasteiger charge is 2.22. The minimum Gasteiger partial charge on any atom is -0.454 e. The highest BCUT2D eigenvalue weighted by atomic mass is 32.1. The Bertz CT molecular complexity index is 811. The molecule has 0 spiro atoms. The Balaban J connectivity index is 1.70. The molecule has 0 saturated heterocycles. The molecule has 24 heavy (non-hydrogen) atoms. The predicted molar refractivity (Wildman–Crippen MR) is 92.6 cm³/mol. The minimum absolute atomic E-state index is 0.0381. The highest BCUT2D eigenvalue weighted by Crippen LogP contribution is 2.37. The van der Waals surface area contributed by atoms with Crippen LogP contribution in [0.4, 0.5) is 11.4 Å². The summed E-state index contributed by atoms with van der Waals surface area (Å²) < 4.78 is 10.4. The van der Waals surface area contributed by atoms with Crippen LogP contribution in [0.3, 0.4) is 0 Å². The third-order valence-electron chi connectivity index (χ3n) is 3.12. The second-order valence-electron chi connectivity index (χ2n) is 4.71. The molecule has 2 N–H and O–H groups in total. The van der Waals surface area contributed by atoms with E-state index in [1.54, 1.807) is 0 Å². The van der Waals surface area contributed by atoms with E-state index in [0.29, 0.717) is 11.5 Å². The van der Waals surface area contributed by atoms with Crippen LogP contribution in [-0.2, 0) is 0 Å². The van der Waals surface area contributed by atoms with E-state index in [2.05, 4.69) is 15.8 Å². The first-order valence-corrected chi connectivity index (χ1v) is 7.27. The molecule has 2 aromatic rings. The van der Waals surface area contributed by atoms with Crippen molar-refractivity contribution < 1.29 is 14.4 Å². The number of nitrogens with one attached hydrogen (secondary N) is 2. The van der Waals surface area contributed by atoms with Gasteiger partial charge in [-0.05, 0) is 30.4 Å². The van der Waals surface area contributed by atoms with Crippen molar-refractivity contribution in [3.63, 3.8) is 0 Å². The number of nitrogens with zero attached hydrogens (tertiary/aromatic N) is 2. The lowest BCUT2D eigenvalue weighted by molar-refractivity contribution is -0.385. The Morgan fingerprint density at radius 3 is 2.67 bits per heavy atom. The number of anilines is 1. The van der Waals surface area contributed by atoms with Crippen molar-refractivity contribution in [3.05, 3.63) is 58.1 Å². The topological polar surface area (TPSA) is 98.0 Å². The summed E-state index contributed by atoms with van der Waals surface area (Å²) in [4.78, 5) is 10.6. The van der Waals surface area contributed by atoms with Crippen molar-refractivity contribution >= 4 is 34.9 Å². The van der Waals surface area contributed by atoms with E-state index in [0.717, 1.165) is 5.69 Å². The van der Waals surface area contributed by atoms with Crippen molar-refractivity contribution in [1.29, 1.82) is 0 Å². The van der Waals surface area contributed by atoms with E-state index in [4.69, 9.17) is 21.7 Å². The lowest BCUT2D eigenvalue weighted by atomic mass is 10.1. The zero-order valence-corrected chi connectivity index (χ0v) is 13.1. The maximum atomic E-state index is 11.1. The van der Waals surface area contributed by atoms with Gasteiger partial charge in [0.05, 0.1) is 22.8 Å². The summed E-state index contributed by atoms with van der Waals surface area (Å²) in [6.07, 6.45) is 1.30. The number of nitro groups is 1. The smallest absolute Gasteiger partial charge is 0.282 e. The van der Waals surface area contributed by atoms with E-state index in [9.17, 15) is 10.1 Å². The molecule has 0 bridgehead atoms. The molecular weight excluding hydrogens is 332 g/mol. The molecule has 0 aromatic heterocycles. The zero-order valence-electron chi connectivity index (χ0n) is 12.3. The Morgan fingerprint density at radius 1 is 1.25 bits per heavy atom. The van der Waals surface area contributed by atoms with Gasteiger partial charge in [-0.1, -0.05) is 18.2 Å². The third-order valence-corrected chi connectivity index (χ3v) is 3.31. The Kier molecular flexibility index (Phi) is 4.52. The largest absolute Gasteiger partial charge is 0.454 e. The van der Waals surface area contributed by atoms with Gasteiger partial charge in [-0.25, -0.2) is 0 Å². The number of thiocarbonyl (C=S) groups is 1. The number of benzene rings is 2. The fourth-order valence-electron chi connectivity index (χ4n) is 2.05. The van der Waals surface area contributed by atoms with Crippen LogP contribution in [0.2, 0.25) is 0 Å². The van der Waals surface area contributed by atoms with E-state index in [-0.39, 0.29) is 23.2 Å². The molecule has 122 valence electrons. The maximum Gasteiger partial charge on any atom is 0.282 e. The summed E-state index contributed by atoms with van der Waals surface area (Å²) in [6, 6.07) is 12.1. The van der Waals surface area contributed by atoms with Gasteiger partial charge in [0.15, 0.2) is 16.6 Å². The van der Waals surface area contributed by atoms with Crippen molar-refractivity contribution in [1.82, 2.24) is 5.43 Å². The average Bonchev–Trinajstić information content (AvgIpc) is 3.02. The number of hydrogen-bond donors (Lipinski definition) is 2. The number of fused-ring (bicyclic) bond motifs is 1. The number of rotatable bonds is 4. The van der Waals surface area contributed by atoms with Gasteiger partial charge in [0.1, 0.15) is 0 Å². The molecule has 0 aliphatic carbocycles. The number of hydrogen-bond acceptors (Lipinski definition) is 6. The van der Waals surface area contributed by atoms with Gasteiger partial charge in [-0.2, -0.15) is 5.10 Å². The Morgan fingerprint density at radius 2 is 1.96 bits per heavy atom. The quantitative estimate of drug-likeness (QED) is 0.381. The molecular formula is C15H12N4O4S. The van der Waals surface area contributed by atoms with Gasteiger partial charge in [0.25, 0.3) is 5.69 Å². The monoisotopic (exact) mass is 344 g/mol. The predicted octanol–water partition coefficient (Wildman–Crippen LogP) is 2.64. The van der Waals surface area contributed by atoms with Gasteiger partial charge in [0.2, 0.25) is 6.79 Å². The maximum absolute atomic E-state index is 11.1. The lowest BCUT2D eigenvalue weighted by Crippen LogP contribution is -2.23. The van der Waals surface area contributed by atoms with Gasteiger partial charge >= 0.3 is 0 Å². The fraction of sp³-hybridized carbons (Fsp3) is 0.0667. The molecule has 0 radical (unpaired) electrons. The van der Waals surface area contributed by atoms with Crippen molar-refractivity contribution in [2.45, 2.75) is 0 Å². The van der Waals surface area contributed by atoms with Crippen molar-refractivity contribution in [3.8, 4) is 11.5 Å². The van der Waals surface area contributed by atoms with E-state index < -0.39 is 4.92 Å². The van der Waals surface area contributed by atoms with Crippen LogP contribution < -0.4 is 20.2 Å². The standard InChI is InChI=1S/C15H12N4O4S/c20-19(21)12-7-14-13(22-9-23-14)6-10(12)8-16-18-15(24)17-11-4-2-1-3-5-11/h1-8H,9H2,(H2,17,18,24)/b16-8+. The average molecular weight is 344 g/mol. The van der Waals surface area contributed by atoms with Crippen LogP contribution in [0.25, 0.3) is 0 Å². The van der Waals surface area contributed by atoms with E-state index >= 15 is 0 Å². The first kappa shape index (κ1) is 15.7. The molecule has 0 unspecified atom stereocenters. The molecule has 2 aromatic carbocycles. The molecule has 1 heterocycles. The van der Waals surface area contributed by atoms with E-state index in [1.165, 1.54) is 18.3 Å². The van der Waals surface area contributed by atoms with Crippen LogP contribution in [0.15, 0.2) is 47.6 Å². The van der Waals surface area contributed by atoms with Crippen LogP contribution in [0, 0.1) is 10.1 Å². The summed E-state index contributed by atoms with van der Waals surface area (Å²) >= 11 is 5.10. The first-order valence-electron chi connectivity index (χ1n) is 6.86. The van der Waals surface area contributed by atoms with Gasteiger partial charge in [-0.3, -0.25) is 15.5 Å². The van der Waals surface area contributed by atoms with Crippen molar-refractivity contribution in [2.75, 3.05) is 12.1 Å². The number of para-hydroxylation sites is 1. The normalized spacial score (nSPS) is 12.2. The van der Waals surface area contributed by atoms with Crippen LogP contribution in [0.5, 0.6) is 11.5 Å². The minimum atomic E-state index is -0.510. The Labute approximate surface area is 142 Å². The Hall–Kier alpha value is -3.20.